The van der Waals surface area contributed by atoms with E-state index in [1.165, 1.54) is 0 Å². The van der Waals surface area contributed by atoms with Gasteiger partial charge in [0.25, 0.3) is 0 Å². The summed E-state index contributed by atoms with van der Waals surface area (Å²) in [4.78, 5) is 0. The van der Waals surface area contributed by atoms with Crippen LogP contribution in [-0.2, 0) is 0 Å². The van der Waals surface area contributed by atoms with Crippen LogP contribution < -0.4 is 5.84 Å². The van der Waals surface area contributed by atoms with Crippen molar-refractivity contribution in [3.05, 3.63) is 24.3 Å². The predicted molar refractivity (Wildman–Crippen MR) is 63.8 cm³/mol. The SMILES string of the molecule is C=C(C)C(C)(C)[C@H](/C=C\CC)N(C)N. The molecule has 0 saturated heterocycles. The zero-order chi connectivity index (χ0) is 11.4. The zero-order valence-corrected chi connectivity index (χ0v) is 10.2. The third-order valence-corrected chi connectivity index (χ3v) is 2.83. The van der Waals surface area contributed by atoms with E-state index in [0.717, 1.165) is 12.0 Å². The molecule has 0 unspecified atom stereocenters. The second-order valence-corrected chi connectivity index (χ2v) is 4.45. The molecule has 14 heavy (non-hydrogen) atoms. The molecule has 0 aliphatic rings. The largest absolute Gasteiger partial charge is 0.268 e. The van der Waals surface area contributed by atoms with E-state index in [1.807, 2.05) is 7.05 Å². The van der Waals surface area contributed by atoms with Crippen LogP contribution in [-0.4, -0.2) is 18.1 Å². The maximum Gasteiger partial charge on any atom is 0.0505 e. The van der Waals surface area contributed by atoms with Gasteiger partial charge in [0.15, 0.2) is 0 Å². The molecule has 82 valence electrons. The van der Waals surface area contributed by atoms with Gasteiger partial charge in [0.05, 0.1) is 6.04 Å². The van der Waals surface area contributed by atoms with Gasteiger partial charge in [-0.25, -0.2) is 5.01 Å². The van der Waals surface area contributed by atoms with Crippen LogP contribution >= 0.6 is 0 Å². The molecule has 0 fully saturated rings. The molecule has 2 nitrogen and oxygen atoms in total. The molecule has 0 aliphatic heterocycles. The maximum atomic E-state index is 5.84. The van der Waals surface area contributed by atoms with Crippen LogP contribution in [0.5, 0.6) is 0 Å². The standard InChI is InChI=1S/C12H24N2/c1-7-8-9-11(14(6)13)12(4,5)10(2)3/h8-9,11H,2,7,13H2,1,3-6H3/b9-8-/t11-/m0/s1. The predicted octanol–water partition coefficient (Wildman–Crippen LogP) is 2.73. The lowest BCUT2D eigenvalue weighted by molar-refractivity contribution is 0.180. The van der Waals surface area contributed by atoms with E-state index in [2.05, 4.69) is 46.4 Å². The van der Waals surface area contributed by atoms with E-state index >= 15 is 0 Å². The average molecular weight is 196 g/mol. The number of likely N-dealkylation sites (N-methyl/N-ethyl adjacent to an activating group) is 1. The lowest BCUT2D eigenvalue weighted by Crippen LogP contribution is -2.46. The molecule has 0 saturated carbocycles. The summed E-state index contributed by atoms with van der Waals surface area (Å²) < 4.78 is 0. The average Bonchev–Trinajstić information content (AvgIpc) is 2.03. The quantitative estimate of drug-likeness (QED) is 0.416. The molecular formula is C12H24N2. The van der Waals surface area contributed by atoms with Gasteiger partial charge in [-0.1, -0.05) is 45.1 Å². The van der Waals surface area contributed by atoms with E-state index in [9.17, 15) is 0 Å². The minimum Gasteiger partial charge on any atom is -0.268 e. The van der Waals surface area contributed by atoms with Crippen molar-refractivity contribution in [2.45, 2.75) is 40.2 Å². The van der Waals surface area contributed by atoms with E-state index in [-0.39, 0.29) is 11.5 Å². The summed E-state index contributed by atoms with van der Waals surface area (Å²) in [6.07, 6.45) is 5.35. The van der Waals surface area contributed by atoms with Crippen molar-refractivity contribution in [3.63, 3.8) is 0 Å². The highest BCUT2D eigenvalue weighted by Gasteiger charge is 2.30. The summed E-state index contributed by atoms with van der Waals surface area (Å²) >= 11 is 0. The van der Waals surface area contributed by atoms with Gasteiger partial charge in [-0.3, -0.25) is 5.84 Å². The molecule has 1 atom stereocenters. The number of rotatable bonds is 5. The van der Waals surface area contributed by atoms with Crippen molar-refractivity contribution in [3.8, 4) is 0 Å². The fourth-order valence-electron chi connectivity index (χ4n) is 1.40. The normalized spacial score (nSPS) is 15.1. The first-order chi connectivity index (χ1) is 6.34. The fraction of sp³-hybridized carbons (Fsp3) is 0.667. The molecule has 0 aromatic carbocycles. The van der Waals surface area contributed by atoms with Crippen LogP contribution in [0.1, 0.15) is 34.1 Å². The summed E-state index contributed by atoms with van der Waals surface area (Å²) in [5.74, 6) is 5.84. The van der Waals surface area contributed by atoms with Gasteiger partial charge in [0, 0.05) is 12.5 Å². The summed E-state index contributed by atoms with van der Waals surface area (Å²) in [5.41, 5.74) is 1.16. The van der Waals surface area contributed by atoms with Crippen LogP contribution in [0.25, 0.3) is 0 Å². The van der Waals surface area contributed by atoms with Gasteiger partial charge < -0.3 is 0 Å². The van der Waals surface area contributed by atoms with Crippen molar-refractivity contribution in [1.29, 1.82) is 0 Å². The molecular weight excluding hydrogens is 172 g/mol. The van der Waals surface area contributed by atoms with E-state index in [1.54, 1.807) is 5.01 Å². The fourth-order valence-corrected chi connectivity index (χ4v) is 1.40. The van der Waals surface area contributed by atoms with Crippen molar-refractivity contribution in [1.82, 2.24) is 5.01 Å². The molecule has 0 aromatic rings. The van der Waals surface area contributed by atoms with Crippen LogP contribution in [0, 0.1) is 5.41 Å². The van der Waals surface area contributed by atoms with Gasteiger partial charge in [-0.15, -0.1) is 0 Å². The Labute approximate surface area is 88.4 Å². The van der Waals surface area contributed by atoms with Gasteiger partial charge in [-0.05, 0) is 13.3 Å². The smallest absolute Gasteiger partial charge is 0.0505 e. The Morgan fingerprint density at radius 2 is 2.07 bits per heavy atom. The van der Waals surface area contributed by atoms with Gasteiger partial charge in [-0.2, -0.15) is 0 Å². The van der Waals surface area contributed by atoms with Crippen molar-refractivity contribution >= 4 is 0 Å². The highest BCUT2D eigenvalue weighted by molar-refractivity contribution is 5.14. The van der Waals surface area contributed by atoms with E-state index < -0.39 is 0 Å². The van der Waals surface area contributed by atoms with Crippen LogP contribution in [0.3, 0.4) is 0 Å². The third kappa shape index (κ3) is 3.28. The molecule has 0 amide bonds. The molecule has 0 bridgehead atoms. The second kappa shape index (κ2) is 5.32. The number of nitrogens with zero attached hydrogens (tertiary/aromatic N) is 1. The topological polar surface area (TPSA) is 29.3 Å². The first kappa shape index (κ1) is 13.4. The van der Waals surface area contributed by atoms with Crippen LogP contribution in [0.4, 0.5) is 0 Å². The Kier molecular flexibility index (Phi) is 5.09. The molecule has 0 radical (unpaired) electrons. The molecule has 0 spiro atoms. The molecule has 0 aromatic heterocycles. The monoisotopic (exact) mass is 196 g/mol. The third-order valence-electron chi connectivity index (χ3n) is 2.83. The van der Waals surface area contributed by atoms with Crippen molar-refractivity contribution in [2.24, 2.45) is 11.3 Å². The van der Waals surface area contributed by atoms with Gasteiger partial charge in [0.2, 0.25) is 0 Å². The lowest BCUT2D eigenvalue weighted by Gasteiger charge is -2.37. The first-order valence-corrected chi connectivity index (χ1v) is 5.14. The molecule has 2 N–H and O–H groups in total. The van der Waals surface area contributed by atoms with Crippen LogP contribution in [0.15, 0.2) is 24.3 Å². The summed E-state index contributed by atoms with van der Waals surface area (Å²) in [7, 11) is 1.90. The number of hydrazine groups is 1. The van der Waals surface area contributed by atoms with E-state index in [0.29, 0.717) is 0 Å². The molecule has 0 rings (SSSR count). The Hall–Kier alpha value is -0.600. The van der Waals surface area contributed by atoms with E-state index in [4.69, 9.17) is 5.84 Å². The first-order valence-electron chi connectivity index (χ1n) is 5.14. The number of hydrogen-bond acceptors (Lipinski definition) is 2. The van der Waals surface area contributed by atoms with Crippen molar-refractivity contribution in [2.75, 3.05) is 7.05 Å². The second-order valence-electron chi connectivity index (χ2n) is 4.45. The maximum absolute atomic E-state index is 5.84. The minimum absolute atomic E-state index is 0.00910. The van der Waals surface area contributed by atoms with Crippen molar-refractivity contribution < 1.29 is 0 Å². The highest BCUT2D eigenvalue weighted by Crippen LogP contribution is 2.31. The Bertz CT molecular complexity index is 214. The number of allylic oxidation sites excluding steroid dienone is 1. The van der Waals surface area contributed by atoms with Gasteiger partial charge >= 0.3 is 0 Å². The Morgan fingerprint density at radius 3 is 2.36 bits per heavy atom. The number of nitrogens with two attached hydrogens (primary N) is 1. The molecule has 0 aliphatic carbocycles. The Balaban J connectivity index is 4.81. The number of hydrogen-bond donors (Lipinski definition) is 1. The van der Waals surface area contributed by atoms with Crippen LogP contribution in [0.2, 0.25) is 0 Å². The van der Waals surface area contributed by atoms with Gasteiger partial charge in [0.1, 0.15) is 0 Å². The molecule has 0 heterocycles. The summed E-state index contributed by atoms with van der Waals surface area (Å²) in [6, 6.07) is 0.208. The summed E-state index contributed by atoms with van der Waals surface area (Å²) in [6.45, 7) is 12.5. The lowest BCUT2D eigenvalue weighted by atomic mass is 9.78. The summed E-state index contributed by atoms with van der Waals surface area (Å²) in [5, 5.41) is 1.75. The molecule has 2 heteroatoms. The Morgan fingerprint density at radius 1 is 1.57 bits per heavy atom. The minimum atomic E-state index is 0.00910. The zero-order valence-electron chi connectivity index (χ0n) is 10.2. The highest BCUT2D eigenvalue weighted by atomic mass is 15.4.